The van der Waals surface area contributed by atoms with Crippen LogP contribution in [0.5, 0.6) is 0 Å². The molecule has 0 aliphatic heterocycles. The number of hydrogen-bond donors (Lipinski definition) is 0. The van der Waals surface area contributed by atoms with E-state index in [1.54, 1.807) is 40.0 Å². The summed E-state index contributed by atoms with van der Waals surface area (Å²) in [5, 5.41) is 0. The van der Waals surface area contributed by atoms with Gasteiger partial charge in [-0.2, -0.15) is 0 Å². The topological polar surface area (TPSA) is 80.0 Å². The van der Waals surface area contributed by atoms with Crippen molar-refractivity contribution < 1.29 is 14.3 Å². The molecule has 0 saturated heterocycles. The number of nitrogens with zero attached hydrogens (tertiary/aromatic N) is 5. The minimum atomic E-state index is -0.844. The molecule has 0 aromatic carbocycles. The first-order chi connectivity index (χ1) is 15.0. The van der Waals surface area contributed by atoms with Crippen LogP contribution in [0.4, 0.5) is 10.6 Å². The fraction of sp³-hybridized carbons (Fsp3) is 0.333. The van der Waals surface area contributed by atoms with Crippen LogP contribution in [0.25, 0.3) is 16.9 Å². The molecule has 0 aliphatic carbocycles. The number of likely N-dealkylation sites (N-methyl/N-ethyl adjacent to an activating group) is 1. The molecule has 0 bridgehead atoms. The van der Waals surface area contributed by atoms with Gasteiger partial charge in [-0.15, -0.1) is 0 Å². The molecule has 3 rings (SSSR count). The highest BCUT2D eigenvalue weighted by molar-refractivity contribution is 6.00. The Morgan fingerprint density at radius 3 is 2.53 bits per heavy atom. The molecule has 0 saturated carbocycles. The smallest absolute Gasteiger partial charge is 0.410 e. The van der Waals surface area contributed by atoms with Gasteiger partial charge in [-0.1, -0.05) is 12.5 Å². The van der Waals surface area contributed by atoms with Crippen molar-refractivity contribution in [3.8, 4) is 23.7 Å². The second-order valence-electron chi connectivity index (χ2n) is 8.45. The number of rotatable bonds is 4. The van der Waals surface area contributed by atoms with Crippen molar-refractivity contribution in [2.75, 3.05) is 11.9 Å². The van der Waals surface area contributed by atoms with Gasteiger partial charge in [0, 0.05) is 31.0 Å². The fourth-order valence-corrected chi connectivity index (χ4v) is 3.21. The second kappa shape index (κ2) is 8.71. The van der Waals surface area contributed by atoms with E-state index in [1.165, 1.54) is 11.9 Å². The molecule has 3 aromatic rings. The maximum Gasteiger partial charge on any atom is 0.410 e. The number of amides is 2. The average Bonchev–Trinajstić information content (AvgIpc) is 3.08. The van der Waals surface area contributed by atoms with Gasteiger partial charge in [0.05, 0.1) is 11.4 Å². The highest BCUT2D eigenvalue weighted by atomic mass is 16.6. The highest BCUT2D eigenvalue weighted by Crippen LogP contribution is 2.26. The maximum atomic E-state index is 13.0. The second-order valence-corrected chi connectivity index (χ2v) is 8.45. The molecule has 166 valence electrons. The van der Waals surface area contributed by atoms with Crippen molar-refractivity contribution in [3.63, 3.8) is 0 Å². The third kappa shape index (κ3) is 4.57. The van der Waals surface area contributed by atoms with E-state index < -0.39 is 23.6 Å². The van der Waals surface area contributed by atoms with Crippen LogP contribution in [-0.2, 0) is 9.53 Å². The molecular formula is C24H27N5O3. The van der Waals surface area contributed by atoms with Crippen LogP contribution >= 0.6 is 0 Å². The van der Waals surface area contributed by atoms with Crippen LogP contribution in [0, 0.1) is 19.4 Å². The molecule has 1 atom stereocenters. The van der Waals surface area contributed by atoms with Gasteiger partial charge in [0.25, 0.3) is 5.91 Å². The zero-order valence-corrected chi connectivity index (χ0v) is 19.2. The maximum absolute atomic E-state index is 13.0. The number of fused-ring (bicyclic) bond motifs is 1. The first kappa shape index (κ1) is 22.8. The molecule has 32 heavy (non-hydrogen) atoms. The largest absolute Gasteiger partial charge is 0.444 e. The molecule has 3 heterocycles. The Kier molecular flexibility index (Phi) is 6.21. The number of carbonyl (C=O) groups is 2. The Balaban J connectivity index is 1.83. The lowest BCUT2D eigenvalue weighted by atomic mass is 10.1. The summed E-state index contributed by atoms with van der Waals surface area (Å²) in [6.07, 6.45) is 8.60. The molecular weight excluding hydrogens is 406 g/mol. The third-order valence-corrected chi connectivity index (χ3v) is 4.92. The number of pyridine rings is 2. The number of anilines is 1. The minimum Gasteiger partial charge on any atom is -0.444 e. The van der Waals surface area contributed by atoms with Crippen molar-refractivity contribution in [1.82, 2.24) is 19.3 Å². The standard InChI is InChI=1S/C24H27N5O3/c1-8-28(22(30)17(3)27(7)23(31)32-24(4,5)6)19-13-12-18(15-25-19)21-16(2)26-20-11-9-10-14-29(20)21/h1,9-15,17H,2-7H3. The van der Waals surface area contributed by atoms with Gasteiger partial charge in [0.2, 0.25) is 0 Å². The molecule has 3 aromatic heterocycles. The van der Waals surface area contributed by atoms with Crippen molar-refractivity contribution in [1.29, 1.82) is 0 Å². The summed E-state index contributed by atoms with van der Waals surface area (Å²) in [5.41, 5.74) is 2.78. The summed E-state index contributed by atoms with van der Waals surface area (Å²) < 4.78 is 7.31. The highest BCUT2D eigenvalue weighted by Gasteiger charge is 2.30. The van der Waals surface area contributed by atoms with E-state index >= 15 is 0 Å². The summed E-state index contributed by atoms with van der Waals surface area (Å²) in [6.45, 7) is 8.80. The summed E-state index contributed by atoms with van der Waals surface area (Å²) >= 11 is 0. The first-order valence-electron chi connectivity index (χ1n) is 10.2. The first-order valence-corrected chi connectivity index (χ1v) is 10.2. The monoisotopic (exact) mass is 433 g/mol. The van der Waals surface area contributed by atoms with Gasteiger partial charge in [0.15, 0.2) is 0 Å². The van der Waals surface area contributed by atoms with Gasteiger partial charge in [-0.25, -0.2) is 19.7 Å². The van der Waals surface area contributed by atoms with Crippen molar-refractivity contribution in [2.24, 2.45) is 0 Å². The molecule has 0 spiro atoms. The van der Waals surface area contributed by atoms with E-state index in [0.717, 1.165) is 27.5 Å². The van der Waals surface area contributed by atoms with Crippen LogP contribution in [0.1, 0.15) is 33.4 Å². The van der Waals surface area contributed by atoms with Crippen LogP contribution in [0.3, 0.4) is 0 Å². The Morgan fingerprint density at radius 2 is 1.94 bits per heavy atom. The van der Waals surface area contributed by atoms with E-state index in [9.17, 15) is 9.59 Å². The van der Waals surface area contributed by atoms with Crippen molar-refractivity contribution in [2.45, 2.75) is 46.3 Å². The number of terminal acetylenes is 1. The fourth-order valence-electron chi connectivity index (χ4n) is 3.21. The third-order valence-electron chi connectivity index (χ3n) is 4.92. The Labute approximate surface area is 187 Å². The van der Waals surface area contributed by atoms with Gasteiger partial charge in [-0.05, 0) is 58.9 Å². The van der Waals surface area contributed by atoms with Crippen molar-refractivity contribution in [3.05, 3.63) is 48.4 Å². The summed E-state index contributed by atoms with van der Waals surface area (Å²) in [7, 11) is 1.50. The molecule has 0 N–H and O–H groups in total. The van der Waals surface area contributed by atoms with Gasteiger partial charge < -0.3 is 4.74 Å². The SMILES string of the molecule is C#CN(C(=O)C(C)N(C)C(=O)OC(C)(C)C)c1ccc(-c2c(C)nc3ccccn23)cn1. The zero-order chi connectivity index (χ0) is 23.6. The summed E-state index contributed by atoms with van der Waals surface area (Å²) in [5.74, 6) is -0.177. The zero-order valence-electron chi connectivity index (χ0n) is 19.2. The molecule has 8 heteroatoms. The Hall–Kier alpha value is -3.86. The van der Waals surface area contributed by atoms with E-state index in [2.05, 4.69) is 16.0 Å². The lowest BCUT2D eigenvalue weighted by Gasteiger charge is -2.29. The number of imidazole rings is 1. The van der Waals surface area contributed by atoms with Crippen LogP contribution < -0.4 is 4.90 Å². The van der Waals surface area contributed by atoms with Gasteiger partial charge in [0.1, 0.15) is 23.1 Å². The normalized spacial score (nSPS) is 12.2. The number of ether oxygens (including phenoxy) is 1. The van der Waals surface area contributed by atoms with E-state index in [0.29, 0.717) is 0 Å². The number of aromatic nitrogens is 3. The molecule has 2 amide bonds. The molecule has 0 fully saturated rings. The molecule has 8 nitrogen and oxygen atoms in total. The van der Waals surface area contributed by atoms with Crippen LogP contribution in [0.2, 0.25) is 0 Å². The lowest BCUT2D eigenvalue weighted by Crippen LogP contribution is -2.48. The number of carbonyl (C=O) groups excluding carboxylic acids is 2. The predicted molar refractivity (Wildman–Crippen MR) is 123 cm³/mol. The predicted octanol–water partition coefficient (Wildman–Crippen LogP) is 3.88. The Morgan fingerprint density at radius 1 is 1.22 bits per heavy atom. The quantitative estimate of drug-likeness (QED) is 0.461. The van der Waals surface area contributed by atoms with Crippen molar-refractivity contribution >= 4 is 23.5 Å². The van der Waals surface area contributed by atoms with Crippen LogP contribution in [0.15, 0.2) is 42.7 Å². The lowest BCUT2D eigenvalue weighted by molar-refractivity contribution is -0.122. The molecule has 0 aliphatic rings. The van der Waals surface area contributed by atoms with Gasteiger partial charge in [-0.3, -0.25) is 14.1 Å². The van der Waals surface area contributed by atoms with Crippen LogP contribution in [-0.4, -0.2) is 50.0 Å². The number of aryl methyl sites for hydroxylation is 1. The minimum absolute atomic E-state index is 0.289. The van der Waals surface area contributed by atoms with E-state index in [-0.39, 0.29) is 5.82 Å². The Bertz CT molecular complexity index is 1190. The number of hydrogen-bond acceptors (Lipinski definition) is 5. The molecule has 1 unspecified atom stereocenters. The van der Waals surface area contributed by atoms with E-state index in [4.69, 9.17) is 11.2 Å². The summed E-state index contributed by atoms with van der Waals surface area (Å²) in [4.78, 5) is 36.6. The van der Waals surface area contributed by atoms with Gasteiger partial charge >= 0.3 is 6.09 Å². The summed E-state index contributed by atoms with van der Waals surface area (Å²) in [6, 6.07) is 10.8. The average molecular weight is 434 g/mol. The van der Waals surface area contributed by atoms with E-state index in [1.807, 2.05) is 41.8 Å². The molecule has 0 radical (unpaired) electrons.